The first-order valence-corrected chi connectivity index (χ1v) is 23.5. The van der Waals surface area contributed by atoms with Crippen LogP contribution >= 0.6 is 11.3 Å². The number of nitrogens with zero attached hydrogens (tertiary/aromatic N) is 1. The number of fused-ring (bicyclic) bond motifs is 9. The average Bonchev–Trinajstić information content (AvgIpc) is 3.78. The summed E-state index contributed by atoms with van der Waals surface area (Å²) >= 11 is 1.88. The van der Waals surface area contributed by atoms with Crippen molar-refractivity contribution in [1.29, 1.82) is 0 Å². The lowest BCUT2D eigenvalue weighted by Gasteiger charge is -2.29. The van der Waals surface area contributed by atoms with Crippen molar-refractivity contribution in [3.8, 4) is 44.5 Å². The van der Waals surface area contributed by atoms with Crippen molar-refractivity contribution in [2.24, 2.45) is 0 Å². The van der Waals surface area contributed by atoms with E-state index in [0.29, 0.717) is 0 Å². The molecule has 308 valence electrons. The maximum absolute atomic E-state index is 2.45. The van der Waals surface area contributed by atoms with Crippen molar-refractivity contribution < 1.29 is 0 Å². The van der Waals surface area contributed by atoms with Gasteiger partial charge in [0, 0.05) is 37.1 Å². The largest absolute Gasteiger partial charge is 0.310 e. The summed E-state index contributed by atoms with van der Waals surface area (Å²) < 4.78 is 2.64. The highest BCUT2D eigenvalue weighted by Gasteiger charge is 2.21. The molecule has 13 aromatic rings. The maximum Gasteiger partial charge on any atom is 0.0546 e. The van der Waals surface area contributed by atoms with Crippen LogP contribution in [-0.2, 0) is 0 Å². The Labute approximate surface area is 387 Å². The quantitative estimate of drug-likeness (QED) is 0.144. The summed E-state index contributed by atoms with van der Waals surface area (Å²) in [6.45, 7) is 0. The van der Waals surface area contributed by atoms with Crippen LogP contribution in [0.1, 0.15) is 0 Å². The van der Waals surface area contributed by atoms with Crippen LogP contribution in [-0.4, -0.2) is 0 Å². The van der Waals surface area contributed by atoms with E-state index in [9.17, 15) is 0 Å². The Morgan fingerprint density at radius 3 is 1.59 bits per heavy atom. The lowest BCUT2D eigenvalue weighted by atomic mass is 9.91. The van der Waals surface area contributed by atoms with Gasteiger partial charge in [0.25, 0.3) is 0 Å². The first-order chi connectivity index (χ1) is 32.7. The molecule has 0 aliphatic heterocycles. The van der Waals surface area contributed by atoms with E-state index in [1.165, 1.54) is 102 Å². The first kappa shape index (κ1) is 38.2. The molecule has 0 saturated heterocycles. The SMILES string of the molecule is c1ccc(-c2ccc(-c3cc4ccccc4c4ccccc34)cc2N(c2ccc(-c3ccc4c(ccc5ccccc54)c3)cc2)c2ccc(-c3cccc4c3sc3ccccc34)cc2)cc1. The second kappa shape index (κ2) is 15.7. The number of thiophene rings is 1. The smallest absolute Gasteiger partial charge is 0.0546 e. The fraction of sp³-hybridized carbons (Fsp3) is 0. The van der Waals surface area contributed by atoms with Crippen LogP contribution in [0.5, 0.6) is 0 Å². The minimum atomic E-state index is 1.09. The van der Waals surface area contributed by atoms with Gasteiger partial charge in [0.15, 0.2) is 0 Å². The first-order valence-electron chi connectivity index (χ1n) is 22.7. The van der Waals surface area contributed by atoms with Crippen LogP contribution in [0.3, 0.4) is 0 Å². The highest BCUT2D eigenvalue weighted by molar-refractivity contribution is 7.26. The standard InChI is InChI=1S/C64H41NS/c1-2-13-43(14-3-1)55-38-32-49(61-40-47-16-5-7-18-53(47)57-19-8-9-20-58(57)61)41-62(55)65(51-35-29-45(30-36-51)56-22-12-23-60-59-21-10-11-24-63(59)66-64(56)60)50-33-27-42(28-34-50)46-31-37-54-48(39-46)26-25-44-15-4-6-17-52(44)54/h1-41H. The van der Waals surface area contributed by atoms with Crippen LogP contribution < -0.4 is 4.90 Å². The van der Waals surface area contributed by atoms with Crippen LogP contribution in [0, 0.1) is 0 Å². The lowest BCUT2D eigenvalue weighted by Crippen LogP contribution is -2.11. The molecule has 0 N–H and O–H groups in total. The Bertz CT molecular complexity index is 3980. The molecule has 0 aliphatic carbocycles. The van der Waals surface area contributed by atoms with E-state index in [1.54, 1.807) is 0 Å². The molecule has 0 fully saturated rings. The normalized spacial score (nSPS) is 11.6. The number of anilines is 3. The Kier molecular flexibility index (Phi) is 9.11. The van der Waals surface area contributed by atoms with E-state index < -0.39 is 0 Å². The van der Waals surface area contributed by atoms with Crippen molar-refractivity contribution in [2.45, 2.75) is 0 Å². The van der Waals surface area contributed by atoms with Crippen molar-refractivity contribution in [1.82, 2.24) is 0 Å². The van der Waals surface area contributed by atoms with Gasteiger partial charge in [-0.05, 0) is 131 Å². The molecular weight excluding hydrogens is 815 g/mol. The molecule has 0 unspecified atom stereocenters. The zero-order chi connectivity index (χ0) is 43.6. The molecule has 1 aromatic heterocycles. The van der Waals surface area contributed by atoms with E-state index in [4.69, 9.17) is 0 Å². The summed E-state index contributed by atoms with van der Waals surface area (Å²) in [5.41, 5.74) is 12.8. The van der Waals surface area contributed by atoms with Gasteiger partial charge < -0.3 is 4.90 Å². The summed E-state index contributed by atoms with van der Waals surface area (Å²) in [5.74, 6) is 0. The third kappa shape index (κ3) is 6.45. The van der Waals surface area contributed by atoms with Gasteiger partial charge in [-0.1, -0.05) is 200 Å². The molecule has 0 bridgehead atoms. The molecular formula is C64H41NS. The zero-order valence-corrected chi connectivity index (χ0v) is 36.8. The molecule has 0 radical (unpaired) electrons. The van der Waals surface area contributed by atoms with Crippen LogP contribution in [0.2, 0.25) is 0 Å². The van der Waals surface area contributed by atoms with E-state index in [2.05, 4.69) is 254 Å². The molecule has 13 rings (SSSR count). The fourth-order valence-electron chi connectivity index (χ4n) is 10.2. The number of benzene rings is 12. The van der Waals surface area contributed by atoms with Crippen molar-refractivity contribution in [3.05, 3.63) is 249 Å². The summed E-state index contributed by atoms with van der Waals surface area (Å²) in [7, 11) is 0. The van der Waals surface area contributed by atoms with Crippen LogP contribution in [0.25, 0.3) is 108 Å². The van der Waals surface area contributed by atoms with E-state index in [-0.39, 0.29) is 0 Å². The molecule has 12 aromatic carbocycles. The molecule has 0 atom stereocenters. The highest BCUT2D eigenvalue weighted by Crippen LogP contribution is 2.46. The molecule has 1 nitrogen and oxygen atoms in total. The molecule has 0 aliphatic rings. The Morgan fingerprint density at radius 1 is 0.258 bits per heavy atom. The van der Waals surface area contributed by atoms with Gasteiger partial charge in [0.2, 0.25) is 0 Å². The summed E-state index contributed by atoms with van der Waals surface area (Å²) in [6.07, 6.45) is 0. The second-order valence-corrected chi connectivity index (χ2v) is 18.3. The Balaban J connectivity index is 0.994. The van der Waals surface area contributed by atoms with Crippen LogP contribution in [0.4, 0.5) is 17.1 Å². The summed E-state index contributed by atoms with van der Waals surface area (Å²) in [4.78, 5) is 2.45. The number of hydrogen-bond donors (Lipinski definition) is 0. The molecule has 1 heterocycles. The predicted octanol–water partition coefficient (Wildman–Crippen LogP) is 18.8. The third-order valence-electron chi connectivity index (χ3n) is 13.4. The third-order valence-corrected chi connectivity index (χ3v) is 14.7. The van der Waals surface area contributed by atoms with Gasteiger partial charge in [-0.3, -0.25) is 0 Å². The monoisotopic (exact) mass is 855 g/mol. The fourth-order valence-corrected chi connectivity index (χ4v) is 11.5. The predicted molar refractivity (Wildman–Crippen MR) is 286 cm³/mol. The van der Waals surface area contributed by atoms with E-state index in [1.807, 2.05) is 11.3 Å². The minimum absolute atomic E-state index is 1.09. The lowest BCUT2D eigenvalue weighted by molar-refractivity contribution is 1.28. The minimum Gasteiger partial charge on any atom is -0.310 e. The summed E-state index contributed by atoms with van der Waals surface area (Å²) in [6, 6.07) is 91.6. The molecule has 0 amide bonds. The van der Waals surface area contributed by atoms with E-state index in [0.717, 1.165) is 22.6 Å². The molecule has 66 heavy (non-hydrogen) atoms. The molecule has 0 spiro atoms. The average molecular weight is 856 g/mol. The number of rotatable bonds is 7. The van der Waals surface area contributed by atoms with Gasteiger partial charge >= 0.3 is 0 Å². The Hall–Kier alpha value is -8.30. The zero-order valence-electron chi connectivity index (χ0n) is 36.0. The van der Waals surface area contributed by atoms with E-state index >= 15 is 0 Å². The Morgan fingerprint density at radius 2 is 0.803 bits per heavy atom. The van der Waals surface area contributed by atoms with Crippen molar-refractivity contribution >= 4 is 91.7 Å². The van der Waals surface area contributed by atoms with Gasteiger partial charge in [-0.25, -0.2) is 0 Å². The van der Waals surface area contributed by atoms with Crippen molar-refractivity contribution in [2.75, 3.05) is 4.90 Å². The second-order valence-electron chi connectivity index (χ2n) is 17.2. The topological polar surface area (TPSA) is 3.24 Å². The van der Waals surface area contributed by atoms with Gasteiger partial charge in [0.05, 0.1) is 5.69 Å². The summed E-state index contributed by atoms with van der Waals surface area (Å²) in [5, 5.41) is 12.7. The van der Waals surface area contributed by atoms with Crippen molar-refractivity contribution in [3.63, 3.8) is 0 Å². The van der Waals surface area contributed by atoms with Crippen LogP contribution in [0.15, 0.2) is 249 Å². The molecule has 2 heteroatoms. The molecule has 0 saturated carbocycles. The van der Waals surface area contributed by atoms with Gasteiger partial charge in [-0.15, -0.1) is 11.3 Å². The maximum atomic E-state index is 2.45. The number of hydrogen-bond acceptors (Lipinski definition) is 2. The van der Waals surface area contributed by atoms with Gasteiger partial charge in [-0.2, -0.15) is 0 Å². The highest BCUT2D eigenvalue weighted by atomic mass is 32.1. The van der Waals surface area contributed by atoms with Gasteiger partial charge in [0.1, 0.15) is 0 Å².